The Morgan fingerprint density at radius 1 is 1.33 bits per heavy atom. The Morgan fingerprint density at radius 3 is 2.67 bits per heavy atom. The van der Waals surface area contributed by atoms with Crippen LogP contribution in [0.4, 0.5) is 5.82 Å². The summed E-state index contributed by atoms with van der Waals surface area (Å²) in [5.41, 5.74) is 6.60. The molecule has 4 nitrogen and oxygen atoms in total. The maximum atomic E-state index is 5.54. The first kappa shape index (κ1) is 11.9. The molecule has 0 spiro atoms. The Bertz CT molecular complexity index is 298. The summed E-state index contributed by atoms with van der Waals surface area (Å²) in [6.45, 7) is 7.89. The van der Waals surface area contributed by atoms with Gasteiger partial charge in [0.1, 0.15) is 12.1 Å². The van der Waals surface area contributed by atoms with E-state index < -0.39 is 0 Å². The van der Waals surface area contributed by atoms with Crippen molar-refractivity contribution in [3.05, 3.63) is 18.1 Å². The molecule has 3 N–H and O–H groups in total. The van der Waals surface area contributed by atoms with Crippen molar-refractivity contribution in [2.45, 2.75) is 26.7 Å². The molecule has 0 saturated carbocycles. The van der Waals surface area contributed by atoms with Gasteiger partial charge >= 0.3 is 0 Å². The van der Waals surface area contributed by atoms with Gasteiger partial charge in [0.2, 0.25) is 0 Å². The molecule has 1 rings (SSSR count). The molecule has 15 heavy (non-hydrogen) atoms. The van der Waals surface area contributed by atoms with E-state index in [1.165, 1.54) is 0 Å². The molecule has 1 aromatic rings. The SMILES string of the molecule is CC(CN)CNc1cc(C(C)C)ncn1. The summed E-state index contributed by atoms with van der Waals surface area (Å²) in [5.74, 6) is 1.77. The molecule has 1 aromatic heterocycles. The number of hydrogen-bond acceptors (Lipinski definition) is 4. The van der Waals surface area contributed by atoms with Gasteiger partial charge in [-0.1, -0.05) is 20.8 Å². The Balaban J connectivity index is 2.58. The largest absolute Gasteiger partial charge is 0.370 e. The number of rotatable bonds is 5. The first-order valence-corrected chi connectivity index (χ1v) is 5.39. The van der Waals surface area contributed by atoms with Crippen molar-refractivity contribution in [3.63, 3.8) is 0 Å². The normalized spacial score (nSPS) is 12.9. The minimum atomic E-state index is 0.431. The third-order valence-corrected chi connectivity index (χ3v) is 2.31. The Morgan fingerprint density at radius 2 is 2.07 bits per heavy atom. The quantitative estimate of drug-likeness (QED) is 0.771. The molecule has 1 atom stereocenters. The number of anilines is 1. The minimum Gasteiger partial charge on any atom is -0.370 e. The van der Waals surface area contributed by atoms with Crippen LogP contribution in [0.1, 0.15) is 32.4 Å². The van der Waals surface area contributed by atoms with Crippen molar-refractivity contribution in [1.29, 1.82) is 0 Å². The molecule has 1 heterocycles. The van der Waals surface area contributed by atoms with Crippen LogP contribution in [-0.4, -0.2) is 23.1 Å². The maximum absolute atomic E-state index is 5.54. The predicted octanol–water partition coefficient (Wildman–Crippen LogP) is 1.61. The summed E-state index contributed by atoms with van der Waals surface area (Å²) < 4.78 is 0. The smallest absolute Gasteiger partial charge is 0.129 e. The first-order chi connectivity index (χ1) is 7.13. The van der Waals surface area contributed by atoms with Crippen LogP contribution in [0, 0.1) is 5.92 Å². The third-order valence-electron chi connectivity index (χ3n) is 2.31. The zero-order valence-electron chi connectivity index (χ0n) is 9.70. The first-order valence-electron chi connectivity index (χ1n) is 5.39. The standard InChI is InChI=1S/C11H20N4/c1-8(2)10-4-11(15-7-14-10)13-6-9(3)5-12/h4,7-9H,5-6,12H2,1-3H3,(H,13,14,15). The van der Waals surface area contributed by atoms with E-state index in [0.29, 0.717) is 18.4 Å². The summed E-state index contributed by atoms with van der Waals surface area (Å²) in [7, 11) is 0. The van der Waals surface area contributed by atoms with Gasteiger partial charge in [-0.05, 0) is 18.4 Å². The molecule has 0 amide bonds. The van der Waals surface area contributed by atoms with Crippen LogP contribution in [0.5, 0.6) is 0 Å². The van der Waals surface area contributed by atoms with Gasteiger partial charge in [0.15, 0.2) is 0 Å². The highest BCUT2D eigenvalue weighted by Crippen LogP contribution is 2.13. The fraction of sp³-hybridized carbons (Fsp3) is 0.636. The van der Waals surface area contributed by atoms with Crippen molar-refractivity contribution in [3.8, 4) is 0 Å². The summed E-state index contributed by atoms with van der Waals surface area (Å²) in [5, 5.41) is 3.26. The van der Waals surface area contributed by atoms with E-state index in [-0.39, 0.29) is 0 Å². The van der Waals surface area contributed by atoms with E-state index in [4.69, 9.17) is 5.73 Å². The maximum Gasteiger partial charge on any atom is 0.129 e. The van der Waals surface area contributed by atoms with Gasteiger partial charge in [-0.15, -0.1) is 0 Å². The lowest BCUT2D eigenvalue weighted by molar-refractivity contribution is 0.626. The van der Waals surface area contributed by atoms with Crippen LogP contribution in [0.2, 0.25) is 0 Å². The van der Waals surface area contributed by atoms with Gasteiger partial charge in [0.25, 0.3) is 0 Å². The molecule has 0 aliphatic heterocycles. The Kier molecular flexibility index (Phi) is 4.49. The van der Waals surface area contributed by atoms with Crippen LogP contribution in [0.3, 0.4) is 0 Å². The molecular formula is C11H20N4. The summed E-state index contributed by atoms with van der Waals surface area (Å²) in [6.07, 6.45) is 1.60. The van der Waals surface area contributed by atoms with Gasteiger partial charge in [-0.2, -0.15) is 0 Å². The molecule has 0 radical (unpaired) electrons. The summed E-state index contributed by atoms with van der Waals surface area (Å²) in [4.78, 5) is 8.38. The summed E-state index contributed by atoms with van der Waals surface area (Å²) in [6, 6.07) is 1.99. The molecule has 0 fully saturated rings. The Hall–Kier alpha value is -1.16. The van der Waals surface area contributed by atoms with Gasteiger partial charge in [0.05, 0.1) is 0 Å². The average molecular weight is 208 g/mol. The van der Waals surface area contributed by atoms with E-state index in [1.54, 1.807) is 6.33 Å². The molecule has 0 aliphatic rings. The van der Waals surface area contributed by atoms with E-state index in [0.717, 1.165) is 18.1 Å². The van der Waals surface area contributed by atoms with Crippen molar-refractivity contribution in [1.82, 2.24) is 9.97 Å². The summed E-state index contributed by atoms with van der Waals surface area (Å²) >= 11 is 0. The van der Waals surface area contributed by atoms with Crippen LogP contribution >= 0.6 is 0 Å². The van der Waals surface area contributed by atoms with E-state index in [9.17, 15) is 0 Å². The monoisotopic (exact) mass is 208 g/mol. The molecule has 84 valence electrons. The van der Waals surface area contributed by atoms with Crippen LogP contribution in [-0.2, 0) is 0 Å². The molecule has 0 aliphatic carbocycles. The van der Waals surface area contributed by atoms with Crippen molar-refractivity contribution in [2.75, 3.05) is 18.4 Å². The third kappa shape index (κ3) is 3.83. The lowest BCUT2D eigenvalue weighted by Gasteiger charge is -2.11. The fourth-order valence-electron chi connectivity index (χ4n) is 1.15. The van der Waals surface area contributed by atoms with Gasteiger partial charge in [0, 0.05) is 18.3 Å². The van der Waals surface area contributed by atoms with Gasteiger partial charge in [-0.3, -0.25) is 0 Å². The number of nitrogens with two attached hydrogens (primary N) is 1. The molecule has 0 aromatic carbocycles. The van der Waals surface area contributed by atoms with Gasteiger partial charge in [-0.25, -0.2) is 9.97 Å². The molecule has 4 heteroatoms. The van der Waals surface area contributed by atoms with E-state index in [2.05, 4.69) is 36.1 Å². The minimum absolute atomic E-state index is 0.431. The number of nitrogens with one attached hydrogen (secondary N) is 1. The topological polar surface area (TPSA) is 63.8 Å². The number of aromatic nitrogens is 2. The fourth-order valence-corrected chi connectivity index (χ4v) is 1.15. The van der Waals surface area contributed by atoms with Crippen molar-refractivity contribution >= 4 is 5.82 Å². The highest BCUT2D eigenvalue weighted by Gasteiger charge is 2.03. The van der Waals surface area contributed by atoms with Crippen molar-refractivity contribution < 1.29 is 0 Å². The number of hydrogen-bond donors (Lipinski definition) is 2. The molecule has 0 saturated heterocycles. The average Bonchev–Trinajstić information content (AvgIpc) is 2.26. The zero-order chi connectivity index (χ0) is 11.3. The van der Waals surface area contributed by atoms with Crippen LogP contribution < -0.4 is 11.1 Å². The van der Waals surface area contributed by atoms with E-state index in [1.807, 2.05) is 6.07 Å². The Labute approximate surface area is 91.3 Å². The second kappa shape index (κ2) is 5.66. The van der Waals surface area contributed by atoms with Crippen LogP contribution in [0.25, 0.3) is 0 Å². The van der Waals surface area contributed by atoms with Crippen molar-refractivity contribution in [2.24, 2.45) is 11.7 Å². The van der Waals surface area contributed by atoms with Crippen LogP contribution in [0.15, 0.2) is 12.4 Å². The highest BCUT2D eigenvalue weighted by atomic mass is 15.0. The lowest BCUT2D eigenvalue weighted by Crippen LogP contribution is -2.20. The van der Waals surface area contributed by atoms with Gasteiger partial charge < -0.3 is 11.1 Å². The highest BCUT2D eigenvalue weighted by molar-refractivity contribution is 5.35. The molecule has 1 unspecified atom stereocenters. The second-order valence-corrected chi connectivity index (χ2v) is 4.20. The molecular weight excluding hydrogens is 188 g/mol. The second-order valence-electron chi connectivity index (χ2n) is 4.20. The van der Waals surface area contributed by atoms with E-state index >= 15 is 0 Å². The molecule has 0 bridgehead atoms. The lowest BCUT2D eigenvalue weighted by atomic mass is 10.1. The zero-order valence-corrected chi connectivity index (χ0v) is 9.70. The predicted molar refractivity (Wildman–Crippen MR) is 62.8 cm³/mol. The number of nitrogens with zero attached hydrogens (tertiary/aromatic N) is 2.